The van der Waals surface area contributed by atoms with Crippen LogP contribution in [0.5, 0.6) is 0 Å². The van der Waals surface area contributed by atoms with Gasteiger partial charge in [-0.1, -0.05) is 18.2 Å². The zero-order valence-corrected chi connectivity index (χ0v) is 12.4. The number of aliphatic carboxylic acids is 2. The second-order valence-corrected chi connectivity index (χ2v) is 5.25. The van der Waals surface area contributed by atoms with E-state index in [0.717, 1.165) is 16.5 Å². The van der Waals surface area contributed by atoms with E-state index in [-0.39, 0.29) is 19.3 Å². The van der Waals surface area contributed by atoms with Crippen LogP contribution in [0.1, 0.15) is 24.8 Å². The molecule has 0 radical (unpaired) electrons. The van der Waals surface area contributed by atoms with Crippen LogP contribution in [0.2, 0.25) is 0 Å². The Morgan fingerprint density at radius 3 is 2.57 bits per heavy atom. The van der Waals surface area contributed by atoms with Crippen molar-refractivity contribution in [1.29, 1.82) is 0 Å². The lowest BCUT2D eigenvalue weighted by molar-refractivity contribution is -0.143. The van der Waals surface area contributed by atoms with Crippen LogP contribution in [-0.2, 0) is 20.8 Å². The number of para-hydroxylation sites is 1. The first-order chi connectivity index (χ1) is 11.0. The van der Waals surface area contributed by atoms with Crippen LogP contribution in [-0.4, -0.2) is 39.1 Å². The molecule has 0 aliphatic rings. The summed E-state index contributed by atoms with van der Waals surface area (Å²) in [6.07, 6.45) is 2.00. The van der Waals surface area contributed by atoms with Crippen molar-refractivity contribution in [3.63, 3.8) is 0 Å². The number of benzene rings is 1. The number of carbonyl (C=O) groups is 3. The van der Waals surface area contributed by atoms with Crippen LogP contribution >= 0.6 is 0 Å². The Kier molecular flexibility index (Phi) is 5.35. The summed E-state index contributed by atoms with van der Waals surface area (Å²) in [5.41, 5.74) is 1.96. The summed E-state index contributed by atoms with van der Waals surface area (Å²) in [7, 11) is 0. The lowest BCUT2D eigenvalue weighted by Gasteiger charge is -2.13. The summed E-state index contributed by atoms with van der Waals surface area (Å²) in [4.78, 5) is 36.6. The number of nitrogens with one attached hydrogen (secondary N) is 2. The number of carbonyl (C=O) groups excluding carboxylic acids is 1. The predicted molar refractivity (Wildman–Crippen MR) is 83.1 cm³/mol. The first-order valence-electron chi connectivity index (χ1n) is 7.26. The molecule has 7 heteroatoms. The molecule has 1 unspecified atom stereocenters. The molecule has 0 bridgehead atoms. The molecule has 1 aromatic carbocycles. The zero-order chi connectivity index (χ0) is 16.8. The molecule has 1 aromatic heterocycles. The molecular weight excluding hydrogens is 300 g/mol. The molecule has 0 spiro atoms. The Labute approximate surface area is 132 Å². The van der Waals surface area contributed by atoms with Crippen molar-refractivity contribution < 1.29 is 24.6 Å². The molecule has 4 N–H and O–H groups in total. The average molecular weight is 318 g/mol. The van der Waals surface area contributed by atoms with Gasteiger partial charge in [0, 0.05) is 29.9 Å². The Hall–Kier alpha value is -2.83. The number of aromatic nitrogens is 1. The number of rotatable bonds is 8. The van der Waals surface area contributed by atoms with Gasteiger partial charge in [0.25, 0.3) is 0 Å². The van der Waals surface area contributed by atoms with Crippen LogP contribution in [0, 0.1) is 0 Å². The summed E-state index contributed by atoms with van der Waals surface area (Å²) in [6.45, 7) is 0. The maximum absolute atomic E-state index is 11.9. The van der Waals surface area contributed by atoms with Gasteiger partial charge >= 0.3 is 11.9 Å². The Balaban J connectivity index is 1.90. The number of H-pyrrole nitrogens is 1. The number of aromatic amines is 1. The van der Waals surface area contributed by atoms with Crippen molar-refractivity contribution in [3.8, 4) is 0 Å². The van der Waals surface area contributed by atoms with Gasteiger partial charge in [0.05, 0.1) is 0 Å². The van der Waals surface area contributed by atoms with Gasteiger partial charge < -0.3 is 20.5 Å². The Bertz CT molecular complexity index is 722. The van der Waals surface area contributed by atoms with Crippen molar-refractivity contribution in [2.75, 3.05) is 0 Å². The van der Waals surface area contributed by atoms with E-state index < -0.39 is 23.9 Å². The second-order valence-electron chi connectivity index (χ2n) is 5.25. The van der Waals surface area contributed by atoms with Gasteiger partial charge in [0.1, 0.15) is 6.04 Å². The molecule has 0 saturated carbocycles. The maximum atomic E-state index is 11.9. The largest absolute Gasteiger partial charge is 0.481 e. The molecule has 0 aliphatic carbocycles. The van der Waals surface area contributed by atoms with E-state index >= 15 is 0 Å². The smallest absolute Gasteiger partial charge is 0.326 e. The zero-order valence-electron chi connectivity index (χ0n) is 12.4. The van der Waals surface area contributed by atoms with E-state index in [0.29, 0.717) is 6.42 Å². The van der Waals surface area contributed by atoms with E-state index in [1.54, 1.807) is 0 Å². The summed E-state index contributed by atoms with van der Waals surface area (Å²) in [5.74, 6) is -2.73. The van der Waals surface area contributed by atoms with Crippen LogP contribution < -0.4 is 5.32 Å². The summed E-state index contributed by atoms with van der Waals surface area (Å²) in [6, 6.07) is 6.53. The van der Waals surface area contributed by atoms with E-state index in [9.17, 15) is 14.4 Å². The number of carboxylic acid groups (broad SMARTS) is 2. The molecule has 122 valence electrons. The highest BCUT2D eigenvalue weighted by atomic mass is 16.4. The van der Waals surface area contributed by atoms with Gasteiger partial charge in [-0.05, 0) is 24.5 Å². The number of fused-ring (bicyclic) bond motifs is 1. The lowest BCUT2D eigenvalue weighted by atomic mass is 10.1. The van der Waals surface area contributed by atoms with Crippen molar-refractivity contribution >= 4 is 28.7 Å². The normalized spacial score (nSPS) is 12.0. The van der Waals surface area contributed by atoms with Crippen LogP contribution in [0.25, 0.3) is 10.9 Å². The average Bonchev–Trinajstić information content (AvgIpc) is 2.92. The lowest BCUT2D eigenvalue weighted by Crippen LogP contribution is -2.41. The van der Waals surface area contributed by atoms with Crippen LogP contribution in [0.4, 0.5) is 0 Å². The molecule has 2 aromatic rings. The van der Waals surface area contributed by atoms with Gasteiger partial charge in [-0.3, -0.25) is 9.59 Å². The SMILES string of the molecule is O=C(O)CCC(NC(=O)CCc1c[nH]c2ccccc12)C(=O)O. The molecule has 2 rings (SSSR count). The van der Waals surface area contributed by atoms with E-state index in [4.69, 9.17) is 10.2 Å². The molecule has 1 atom stereocenters. The summed E-state index contributed by atoms with van der Waals surface area (Å²) >= 11 is 0. The van der Waals surface area contributed by atoms with E-state index in [2.05, 4.69) is 10.3 Å². The molecule has 7 nitrogen and oxygen atoms in total. The van der Waals surface area contributed by atoms with Gasteiger partial charge in [0.15, 0.2) is 0 Å². The number of hydrogen-bond acceptors (Lipinski definition) is 3. The van der Waals surface area contributed by atoms with Gasteiger partial charge in [-0.25, -0.2) is 4.79 Å². The highest BCUT2D eigenvalue weighted by Gasteiger charge is 2.20. The first kappa shape index (κ1) is 16.5. The Morgan fingerprint density at radius 1 is 1.13 bits per heavy atom. The van der Waals surface area contributed by atoms with Crippen molar-refractivity contribution in [2.45, 2.75) is 31.7 Å². The maximum Gasteiger partial charge on any atom is 0.326 e. The number of carboxylic acids is 2. The standard InChI is InChI=1S/C16H18N2O5/c19-14(18-13(16(22)23)6-8-15(20)21)7-5-10-9-17-12-4-2-1-3-11(10)12/h1-4,9,13,17H,5-8H2,(H,18,19)(H,20,21)(H,22,23). The molecule has 0 fully saturated rings. The van der Waals surface area contributed by atoms with E-state index in [1.807, 2.05) is 30.5 Å². The minimum Gasteiger partial charge on any atom is -0.481 e. The van der Waals surface area contributed by atoms with Crippen molar-refractivity contribution in [2.24, 2.45) is 0 Å². The number of hydrogen-bond donors (Lipinski definition) is 4. The fraction of sp³-hybridized carbons (Fsp3) is 0.312. The number of amides is 1. The van der Waals surface area contributed by atoms with Gasteiger partial charge in [0.2, 0.25) is 5.91 Å². The summed E-state index contributed by atoms with van der Waals surface area (Å²) < 4.78 is 0. The predicted octanol–water partition coefficient (Wildman–Crippen LogP) is 1.53. The van der Waals surface area contributed by atoms with Crippen molar-refractivity contribution in [1.82, 2.24) is 10.3 Å². The number of aryl methyl sites for hydroxylation is 1. The van der Waals surface area contributed by atoms with Crippen molar-refractivity contribution in [3.05, 3.63) is 36.0 Å². The van der Waals surface area contributed by atoms with Crippen LogP contribution in [0.3, 0.4) is 0 Å². The fourth-order valence-electron chi connectivity index (χ4n) is 2.38. The summed E-state index contributed by atoms with van der Waals surface area (Å²) in [5, 5.41) is 21.0. The molecule has 1 heterocycles. The molecule has 1 amide bonds. The Morgan fingerprint density at radius 2 is 1.87 bits per heavy atom. The monoisotopic (exact) mass is 318 g/mol. The third-order valence-corrected chi connectivity index (χ3v) is 3.58. The second kappa shape index (κ2) is 7.44. The minimum atomic E-state index is -1.23. The highest BCUT2D eigenvalue weighted by Crippen LogP contribution is 2.18. The highest BCUT2D eigenvalue weighted by molar-refractivity contribution is 5.86. The topological polar surface area (TPSA) is 119 Å². The van der Waals surface area contributed by atoms with Gasteiger partial charge in [-0.15, -0.1) is 0 Å². The van der Waals surface area contributed by atoms with Gasteiger partial charge in [-0.2, -0.15) is 0 Å². The van der Waals surface area contributed by atoms with Crippen LogP contribution in [0.15, 0.2) is 30.5 Å². The molecule has 0 saturated heterocycles. The van der Waals surface area contributed by atoms with E-state index in [1.165, 1.54) is 0 Å². The molecule has 23 heavy (non-hydrogen) atoms. The first-order valence-corrected chi connectivity index (χ1v) is 7.26. The molecule has 0 aliphatic heterocycles. The fourth-order valence-corrected chi connectivity index (χ4v) is 2.38. The minimum absolute atomic E-state index is 0.135. The quantitative estimate of drug-likeness (QED) is 0.588. The third-order valence-electron chi connectivity index (χ3n) is 3.58. The molecular formula is C16H18N2O5. The third kappa shape index (κ3) is 4.57.